The number of hydrogen-bond acceptors (Lipinski definition) is 7. The maximum atomic E-state index is 13.5. The maximum absolute atomic E-state index is 13.5. The molecule has 0 unspecified atom stereocenters. The molecule has 3 aliphatic rings. The normalized spacial score (nSPS) is 18.4. The quantitative estimate of drug-likeness (QED) is 0.487. The molecule has 1 aromatic carbocycles. The molecule has 1 aliphatic heterocycles. The van der Waals surface area contributed by atoms with E-state index in [9.17, 15) is 23.1 Å². The summed E-state index contributed by atoms with van der Waals surface area (Å²) in [5.74, 6) is -0.723. The molecule has 2 saturated carbocycles. The summed E-state index contributed by atoms with van der Waals surface area (Å²) in [6.45, 7) is 0.928. The predicted molar refractivity (Wildman–Crippen MR) is 130 cm³/mol. The zero-order chi connectivity index (χ0) is 25.5. The van der Waals surface area contributed by atoms with Crippen molar-refractivity contribution in [2.45, 2.75) is 61.6 Å². The lowest BCUT2D eigenvalue weighted by atomic mass is 10.0. The minimum absolute atomic E-state index is 0.0878. The highest BCUT2D eigenvalue weighted by Gasteiger charge is 2.60. The van der Waals surface area contributed by atoms with Crippen LogP contribution in [0.5, 0.6) is 0 Å². The first-order chi connectivity index (χ1) is 17.3. The smallest absolute Gasteiger partial charge is 0.272 e. The van der Waals surface area contributed by atoms with Crippen molar-refractivity contribution in [3.63, 3.8) is 0 Å². The zero-order valence-electron chi connectivity index (χ0n) is 19.9. The van der Waals surface area contributed by atoms with Crippen LogP contribution in [-0.2, 0) is 29.3 Å². The van der Waals surface area contributed by atoms with Gasteiger partial charge in [-0.3, -0.25) is 14.3 Å². The second-order valence-electron chi connectivity index (χ2n) is 9.87. The molecule has 0 atom stereocenters. The summed E-state index contributed by atoms with van der Waals surface area (Å²) >= 11 is 0. The number of aliphatic hydroxyl groups is 1. The first-order valence-electron chi connectivity index (χ1n) is 12.3. The fourth-order valence-electron chi connectivity index (χ4n) is 4.90. The fraction of sp³-hybridized carbons (Fsp3) is 0.520. The van der Waals surface area contributed by atoms with Crippen LogP contribution in [0.3, 0.4) is 0 Å². The van der Waals surface area contributed by atoms with Gasteiger partial charge in [-0.25, -0.2) is 8.42 Å². The molecule has 2 heterocycles. The molecule has 2 aliphatic carbocycles. The van der Waals surface area contributed by atoms with Crippen molar-refractivity contribution in [3.8, 4) is 6.07 Å². The van der Waals surface area contributed by atoms with Gasteiger partial charge in [-0.05, 0) is 56.2 Å². The van der Waals surface area contributed by atoms with Gasteiger partial charge in [-0.2, -0.15) is 10.4 Å². The van der Waals surface area contributed by atoms with Crippen LogP contribution in [0.4, 0.5) is 0 Å². The summed E-state index contributed by atoms with van der Waals surface area (Å²) in [5, 5.41) is 25.3. The molecule has 190 valence electrons. The van der Waals surface area contributed by atoms with Crippen LogP contribution in [0.2, 0.25) is 0 Å². The van der Waals surface area contributed by atoms with Crippen molar-refractivity contribution < 1.29 is 23.1 Å². The van der Waals surface area contributed by atoms with E-state index in [-0.39, 0.29) is 43.1 Å². The van der Waals surface area contributed by atoms with Crippen LogP contribution in [0.1, 0.15) is 69.8 Å². The Kier molecular flexibility index (Phi) is 6.34. The molecular weight excluding hydrogens is 482 g/mol. The van der Waals surface area contributed by atoms with Crippen molar-refractivity contribution in [3.05, 3.63) is 52.3 Å². The lowest BCUT2D eigenvalue weighted by Crippen LogP contribution is -2.47. The van der Waals surface area contributed by atoms with E-state index < -0.39 is 20.5 Å². The van der Waals surface area contributed by atoms with Crippen LogP contribution >= 0.6 is 0 Å². The van der Waals surface area contributed by atoms with Gasteiger partial charge in [-0.15, -0.1) is 0 Å². The van der Waals surface area contributed by atoms with Gasteiger partial charge in [0.2, 0.25) is 0 Å². The Morgan fingerprint density at radius 2 is 1.97 bits per heavy atom. The van der Waals surface area contributed by atoms with Crippen molar-refractivity contribution in [2.24, 2.45) is 0 Å². The Labute approximate surface area is 209 Å². The highest BCUT2D eigenvalue weighted by atomic mass is 32.2. The minimum Gasteiger partial charge on any atom is -0.396 e. The number of amides is 2. The predicted octanol–water partition coefficient (Wildman–Crippen LogP) is 1.18. The van der Waals surface area contributed by atoms with Gasteiger partial charge >= 0.3 is 0 Å². The number of rotatable bonds is 10. The molecule has 1 aromatic heterocycles. The minimum atomic E-state index is -3.26. The molecular formula is C25H29N5O5S. The Morgan fingerprint density at radius 3 is 2.58 bits per heavy atom. The van der Waals surface area contributed by atoms with Crippen molar-refractivity contribution >= 4 is 21.7 Å². The molecule has 0 saturated heterocycles. The number of sulfone groups is 1. The standard InChI is InChI=1S/C25H29N5O5S/c26-14-17-2-4-18(5-3-17)15-27-23(32)21-20-8-12-29(24(33)22(20)30(28-21)11-1-13-31)16-25(9-10-25)36(34,35)19-6-7-19/h2-5,19,31H,1,6-13,15-16H2,(H,27,32). The summed E-state index contributed by atoms with van der Waals surface area (Å²) in [6, 6.07) is 8.93. The molecule has 0 bridgehead atoms. The van der Waals surface area contributed by atoms with Crippen LogP contribution in [0.25, 0.3) is 0 Å². The lowest BCUT2D eigenvalue weighted by molar-refractivity contribution is 0.0721. The number of carbonyl (C=O) groups excluding carboxylic acids is 2. The highest BCUT2D eigenvalue weighted by molar-refractivity contribution is 7.94. The number of nitrogens with one attached hydrogen (secondary N) is 1. The number of aliphatic hydroxyl groups excluding tert-OH is 1. The van der Waals surface area contributed by atoms with Crippen molar-refractivity contribution in [1.29, 1.82) is 5.26 Å². The largest absolute Gasteiger partial charge is 0.396 e. The van der Waals surface area contributed by atoms with E-state index in [0.29, 0.717) is 61.9 Å². The molecule has 2 fully saturated rings. The van der Waals surface area contributed by atoms with E-state index in [1.54, 1.807) is 29.2 Å². The van der Waals surface area contributed by atoms with Gasteiger partial charge in [0.1, 0.15) is 5.69 Å². The number of fused-ring (bicyclic) bond motifs is 1. The average Bonchev–Trinajstić information content (AvgIpc) is 3.81. The van der Waals surface area contributed by atoms with E-state index >= 15 is 0 Å². The number of aromatic nitrogens is 2. The summed E-state index contributed by atoms with van der Waals surface area (Å²) in [5.41, 5.74) is 2.39. The lowest BCUT2D eigenvalue weighted by Gasteiger charge is -2.31. The summed E-state index contributed by atoms with van der Waals surface area (Å²) in [7, 11) is -3.26. The number of benzene rings is 1. The summed E-state index contributed by atoms with van der Waals surface area (Å²) in [4.78, 5) is 28.2. The van der Waals surface area contributed by atoms with Gasteiger partial charge in [0.05, 0.1) is 21.6 Å². The third-order valence-electron chi connectivity index (χ3n) is 7.30. The van der Waals surface area contributed by atoms with Crippen LogP contribution in [0.15, 0.2) is 24.3 Å². The van der Waals surface area contributed by atoms with E-state index in [1.807, 2.05) is 0 Å². The molecule has 2 amide bonds. The first kappa shape index (κ1) is 24.5. The highest BCUT2D eigenvalue weighted by Crippen LogP contribution is 2.50. The third-order valence-corrected chi connectivity index (χ3v) is 10.4. The molecule has 5 rings (SSSR count). The van der Waals surface area contributed by atoms with Gasteiger partial charge < -0.3 is 15.3 Å². The molecule has 36 heavy (non-hydrogen) atoms. The molecule has 10 nitrogen and oxygen atoms in total. The molecule has 11 heteroatoms. The summed E-state index contributed by atoms with van der Waals surface area (Å²) < 4.78 is 26.6. The van der Waals surface area contributed by atoms with Crippen LogP contribution < -0.4 is 5.32 Å². The topological polar surface area (TPSA) is 145 Å². The zero-order valence-corrected chi connectivity index (χ0v) is 20.8. The Hall–Kier alpha value is -3.23. The number of hydrogen-bond donors (Lipinski definition) is 2. The van der Waals surface area contributed by atoms with Gasteiger partial charge in [-0.1, -0.05) is 12.1 Å². The average molecular weight is 512 g/mol. The molecule has 2 aromatic rings. The SMILES string of the molecule is N#Cc1ccc(CNC(=O)c2nn(CCCO)c3c2CCN(CC2(S(=O)(=O)C4CC4)CC2)C3=O)cc1. The van der Waals surface area contributed by atoms with E-state index in [0.717, 1.165) is 5.56 Å². The maximum Gasteiger partial charge on any atom is 0.272 e. The molecule has 0 spiro atoms. The second-order valence-corrected chi connectivity index (χ2v) is 12.5. The Morgan fingerprint density at radius 1 is 1.25 bits per heavy atom. The monoisotopic (exact) mass is 511 g/mol. The van der Waals surface area contributed by atoms with Gasteiger partial charge in [0.15, 0.2) is 15.5 Å². The van der Waals surface area contributed by atoms with E-state index in [1.165, 1.54) is 4.68 Å². The van der Waals surface area contributed by atoms with Gasteiger partial charge in [0.25, 0.3) is 11.8 Å². The molecule has 0 radical (unpaired) electrons. The second kappa shape index (κ2) is 9.33. The van der Waals surface area contributed by atoms with E-state index in [2.05, 4.69) is 16.5 Å². The summed E-state index contributed by atoms with van der Waals surface area (Å²) in [6.07, 6.45) is 3.34. The van der Waals surface area contributed by atoms with Gasteiger partial charge in [0, 0.05) is 38.3 Å². The number of nitriles is 1. The van der Waals surface area contributed by atoms with Crippen LogP contribution in [-0.4, -0.2) is 69.7 Å². The number of carbonyl (C=O) groups is 2. The fourth-order valence-corrected chi connectivity index (χ4v) is 7.37. The van der Waals surface area contributed by atoms with Crippen molar-refractivity contribution in [2.75, 3.05) is 19.7 Å². The Balaban J connectivity index is 1.35. The Bertz CT molecular complexity index is 1330. The van der Waals surface area contributed by atoms with E-state index in [4.69, 9.17) is 5.26 Å². The van der Waals surface area contributed by atoms with Crippen molar-refractivity contribution in [1.82, 2.24) is 20.0 Å². The molecule has 2 N–H and O–H groups in total. The number of nitrogens with zero attached hydrogens (tertiary/aromatic N) is 4. The van der Waals surface area contributed by atoms with Crippen LogP contribution in [0, 0.1) is 11.3 Å². The number of aryl methyl sites for hydroxylation is 1. The third kappa shape index (κ3) is 4.40. The first-order valence-corrected chi connectivity index (χ1v) is 13.8.